The SMILES string of the molecule is CCn1ccnc1CN1CCN(CC2CN(C)CCO2)CC1C. The highest BCUT2D eigenvalue weighted by molar-refractivity contribution is 4.94. The van der Waals surface area contributed by atoms with Gasteiger partial charge < -0.3 is 14.2 Å². The number of imidazole rings is 1. The van der Waals surface area contributed by atoms with E-state index in [1.807, 2.05) is 6.20 Å². The maximum atomic E-state index is 5.92. The summed E-state index contributed by atoms with van der Waals surface area (Å²) in [5.74, 6) is 1.19. The van der Waals surface area contributed by atoms with Gasteiger partial charge in [-0.05, 0) is 20.9 Å². The molecule has 6 nitrogen and oxygen atoms in total. The molecule has 0 radical (unpaired) electrons. The first kappa shape index (κ1) is 16.9. The van der Waals surface area contributed by atoms with Crippen LogP contribution in [-0.2, 0) is 17.8 Å². The normalized spacial score (nSPS) is 28.3. The molecule has 3 rings (SSSR count). The molecule has 3 heterocycles. The van der Waals surface area contributed by atoms with Crippen LogP contribution in [0.1, 0.15) is 19.7 Å². The Bertz CT molecular complexity index is 491. The van der Waals surface area contributed by atoms with Gasteiger partial charge in [0.05, 0.1) is 19.3 Å². The lowest BCUT2D eigenvalue weighted by molar-refractivity contribution is -0.0460. The van der Waals surface area contributed by atoms with Crippen molar-refractivity contribution in [2.45, 2.75) is 39.1 Å². The molecule has 130 valence electrons. The van der Waals surface area contributed by atoms with E-state index >= 15 is 0 Å². The van der Waals surface area contributed by atoms with Gasteiger partial charge in [-0.15, -0.1) is 0 Å². The fraction of sp³-hybridized carbons (Fsp3) is 0.824. The molecular formula is C17H31N5O. The lowest BCUT2D eigenvalue weighted by atomic mass is 10.1. The molecule has 1 aromatic heterocycles. The monoisotopic (exact) mass is 321 g/mol. The van der Waals surface area contributed by atoms with Crippen molar-refractivity contribution >= 4 is 0 Å². The number of likely N-dealkylation sites (N-methyl/N-ethyl adjacent to an activating group) is 1. The molecular weight excluding hydrogens is 290 g/mol. The average Bonchev–Trinajstić information content (AvgIpc) is 2.97. The summed E-state index contributed by atoms with van der Waals surface area (Å²) in [5, 5.41) is 0. The summed E-state index contributed by atoms with van der Waals surface area (Å²) in [5.41, 5.74) is 0. The van der Waals surface area contributed by atoms with Gasteiger partial charge in [-0.2, -0.15) is 0 Å². The molecule has 1 aromatic rings. The second-order valence-electron chi connectivity index (χ2n) is 6.96. The molecule has 2 fully saturated rings. The summed E-state index contributed by atoms with van der Waals surface area (Å²) in [6.07, 6.45) is 4.36. The van der Waals surface area contributed by atoms with Crippen molar-refractivity contribution in [2.75, 3.05) is 52.9 Å². The van der Waals surface area contributed by atoms with Crippen molar-refractivity contribution in [1.82, 2.24) is 24.3 Å². The number of hydrogen-bond donors (Lipinski definition) is 0. The Morgan fingerprint density at radius 2 is 2.13 bits per heavy atom. The van der Waals surface area contributed by atoms with Crippen LogP contribution in [0.4, 0.5) is 0 Å². The van der Waals surface area contributed by atoms with E-state index in [0.717, 1.165) is 59.0 Å². The summed E-state index contributed by atoms with van der Waals surface area (Å²) in [7, 11) is 2.19. The van der Waals surface area contributed by atoms with Gasteiger partial charge in [-0.3, -0.25) is 9.80 Å². The Hall–Kier alpha value is -0.950. The second kappa shape index (κ2) is 7.75. The molecule has 2 aliphatic heterocycles. The lowest BCUT2D eigenvalue weighted by Gasteiger charge is -2.42. The van der Waals surface area contributed by atoms with E-state index < -0.39 is 0 Å². The molecule has 0 spiro atoms. The summed E-state index contributed by atoms with van der Waals surface area (Å²) < 4.78 is 8.16. The van der Waals surface area contributed by atoms with Gasteiger partial charge in [0.2, 0.25) is 0 Å². The first-order chi connectivity index (χ1) is 11.2. The molecule has 2 atom stereocenters. The van der Waals surface area contributed by atoms with Crippen molar-refractivity contribution in [3.8, 4) is 0 Å². The van der Waals surface area contributed by atoms with Crippen LogP contribution in [0.5, 0.6) is 0 Å². The highest BCUT2D eigenvalue weighted by Crippen LogP contribution is 2.15. The van der Waals surface area contributed by atoms with E-state index in [1.54, 1.807) is 0 Å². The fourth-order valence-corrected chi connectivity index (χ4v) is 3.70. The van der Waals surface area contributed by atoms with Crippen LogP contribution >= 0.6 is 0 Å². The minimum Gasteiger partial charge on any atom is -0.374 e. The molecule has 0 amide bonds. The van der Waals surface area contributed by atoms with Gasteiger partial charge in [-0.1, -0.05) is 0 Å². The number of morpholine rings is 1. The molecule has 23 heavy (non-hydrogen) atoms. The number of piperazine rings is 1. The number of aromatic nitrogens is 2. The fourth-order valence-electron chi connectivity index (χ4n) is 3.70. The highest BCUT2D eigenvalue weighted by Gasteiger charge is 2.27. The number of hydrogen-bond acceptors (Lipinski definition) is 5. The minimum atomic E-state index is 0.367. The lowest BCUT2D eigenvalue weighted by Crippen LogP contribution is -2.55. The van der Waals surface area contributed by atoms with Gasteiger partial charge in [0.25, 0.3) is 0 Å². The first-order valence-electron chi connectivity index (χ1n) is 8.92. The van der Waals surface area contributed by atoms with E-state index in [2.05, 4.69) is 51.3 Å². The predicted octanol–water partition coefficient (Wildman–Crippen LogP) is 0.740. The molecule has 2 aliphatic rings. The van der Waals surface area contributed by atoms with Crippen LogP contribution in [-0.4, -0.2) is 89.3 Å². The average molecular weight is 321 g/mol. The maximum absolute atomic E-state index is 5.92. The molecule has 6 heteroatoms. The summed E-state index contributed by atoms with van der Waals surface area (Å²) in [4.78, 5) is 12.0. The van der Waals surface area contributed by atoms with Crippen LogP contribution in [0.25, 0.3) is 0 Å². The third-order valence-electron chi connectivity index (χ3n) is 5.14. The summed E-state index contributed by atoms with van der Waals surface area (Å²) >= 11 is 0. The van der Waals surface area contributed by atoms with Crippen LogP contribution in [0, 0.1) is 0 Å². The van der Waals surface area contributed by atoms with Crippen LogP contribution in [0.3, 0.4) is 0 Å². The van der Waals surface area contributed by atoms with Crippen molar-refractivity contribution in [2.24, 2.45) is 0 Å². The molecule has 2 saturated heterocycles. The first-order valence-corrected chi connectivity index (χ1v) is 8.92. The zero-order valence-corrected chi connectivity index (χ0v) is 14.8. The highest BCUT2D eigenvalue weighted by atomic mass is 16.5. The molecule has 0 saturated carbocycles. The molecule has 0 aromatic carbocycles. The van der Waals surface area contributed by atoms with E-state index in [9.17, 15) is 0 Å². The molecule has 0 bridgehead atoms. The Morgan fingerprint density at radius 1 is 1.26 bits per heavy atom. The van der Waals surface area contributed by atoms with E-state index in [1.165, 1.54) is 5.82 Å². The third kappa shape index (κ3) is 4.32. The van der Waals surface area contributed by atoms with Crippen molar-refractivity contribution in [1.29, 1.82) is 0 Å². The zero-order valence-electron chi connectivity index (χ0n) is 14.8. The predicted molar refractivity (Wildman–Crippen MR) is 91.5 cm³/mol. The number of aryl methyl sites for hydroxylation is 1. The standard InChI is InChI=1S/C17H31N5O/c1-4-21-6-5-18-17(21)14-22-8-7-20(11-15(22)2)13-16-12-19(3)9-10-23-16/h5-6,15-16H,4,7-14H2,1-3H3. The van der Waals surface area contributed by atoms with Crippen molar-refractivity contribution < 1.29 is 4.74 Å². The molecule has 2 unspecified atom stereocenters. The summed E-state index contributed by atoms with van der Waals surface area (Å²) in [6.45, 7) is 13.9. The topological polar surface area (TPSA) is 36.8 Å². The summed E-state index contributed by atoms with van der Waals surface area (Å²) in [6, 6.07) is 0.562. The van der Waals surface area contributed by atoms with E-state index in [4.69, 9.17) is 4.74 Å². The van der Waals surface area contributed by atoms with Gasteiger partial charge in [0, 0.05) is 64.2 Å². The van der Waals surface area contributed by atoms with Crippen molar-refractivity contribution in [3.05, 3.63) is 18.2 Å². The maximum Gasteiger partial charge on any atom is 0.122 e. The van der Waals surface area contributed by atoms with E-state index in [-0.39, 0.29) is 0 Å². The Kier molecular flexibility index (Phi) is 5.69. The van der Waals surface area contributed by atoms with Gasteiger partial charge in [0.1, 0.15) is 5.82 Å². The minimum absolute atomic E-state index is 0.367. The molecule has 0 aliphatic carbocycles. The van der Waals surface area contributed by atoms with Gasteiger partial charge in [-0.25, -0.2) is 4.98 Å². The second-order valence-corrected chi connectivity index (χ2v) is 6.96. The van der Waals surface area contributed by atoms with Crippen LogP contribution in [0.15, 0.2) is 12.4 Å². The zero-order chi connectivity index (χ0) is 16.2. The van der Waals surface area contributed by atoms with Crippen molar-refractivity contribution in [3.63, 3.8) is 0 Å². The third-order valence-corrected chi connectivity index (χ3v) is 5.14. The van der Waals surface area contributed by atoms with Gasteiger partial charge >= 0.3 is 0 Å². The van der Waals surface area contributed by atoms with Crippen LogP contribution in [0.2, 0.25) is 0 Å². The number of nitrogens with zero attached hydrogens (tertiary/aromatic N) is 5. The Balaban J connectivity index is 1.49. The van der Waals surface area contributed by atoms with E-state index in [0.29, 0.717) is 12.1 Å². The quantitative estimate of drug-likeness (QED) is 0.799. The Morgan fingerprint density at radius 3 is 2.87 bits per heavy atom. The number of rotatable bonds is 5. The molecule has 0 N–H and O–H groups in total. The largest absolute Gasteiger partial charge is 0.374 e. The van der Waals surface area contributed by atoms with Gasteiger partial charge in [0.15, 0.2) is 0 Å². The van der Waals surface area contributed by atoms with Crippen LogP contribution < -0.4 is 0 Å². The smallest absolute Gasteiger partial charge is 0.122 e. The number of ether oxygens (including phenoxy) is 1. The Labute approximate surface area is 140 Å².